The first kappa shape index (κ1) is 24.5. The number of pyridine rings is 1. The summed E-state index contributed by atoms with van der Waals surface area (Å²) in [6.07, 6.45) is -1.01. The highest BCUT2D eigenvalue weighted by atomic mass is 35.5. The number of hydrogen-bond donors (Lipinski definition) is 5. The topological polar surface area (TPSA) is 166 Å². The zero-order chi connectivity index (χ0) is 24.8. The van der Waals surface area contributed by atoms with Crippen LogP contribution in [-0.4, -0.2) is 51.0 Å². The van der Waals surface area contributed by atoms with Crippen LogP contribution in [0.3, 0.4) is 0 Å². The molecule has 0 saturated carbocycles. The number of nitrogens with one attached hydrogen (secondary N) is 3. The SMILES string of the molecule is O=C(O)C[C@@H](NC(=O)C(Cc1cc(=O)[nH]c2ccccc12)NC(=O)c1ccc(Cl)cc1)C(=O)O. The molecule has 34 heavy (non-hydrogen) atoms. The zero-order valence-electron chi connectivity index (χ0n) is 17.6. The fraction of sp³-hybridized carbons (Fsp3) is 0.174. The number of aliphatic carboxylic acids is 2. The average molecular weight is 486 g/mol. The smallest absolute Gasteiger partial charge is 0.326 e. The van der Waals surface area contributed by atoms with E-state index in [0.29, 0.717) is 21.5 Å². The lowest BCUT2D eigenvalue weighted by Gasteiger charge is -2.21. The zero-order valence-corrected chi connectivity index (χ0v) is 18.3. The summed E-state index contributed by atoms with van der Waals surface area (Å²) in [6, 6.07) is 11.0. The maximum absolute atomic E-state index is 13.0. The number of amides is 2. The van der Waals surface area contributed by atoms with Crippen molar-refractivity contribution >= 4 is 46.3 Å². The van der Waals surface area contributed by atoms with Gasteiger partial charge in [-0.15, -0.1) is 0 Å². The number of fused-ring (bicyclic) bond motifs is 1. The Balaban J connectivity index is 1.94. The number of carbonyl (C=O) groups is 4. The first-order valence-electron chi connectivity index (χ1n) is 10.1. The number of benzene rings is 2. The van der Waals surface area contributed by atoms with Crippen LogP contribution in [0.2, 0.25) is 5.02 Å². The number of para-hydroxylation sites is 1. The van der Waals surface area contributed by atoms with Gasteiger partial charge in [0, 0.05) is 34.0 Å². The second-order valence-corrected chi connectivity index (χ2v) is 7.88. The summed E-state index contributed by atoms with van der Waals surface area (Å²) < 4.78 is 0. The second kappa shape index (κ2) is 10.6. The van der Waals surface area contributed by atoms with Gasteiger partial charge in [0.25, 0.3) is 5.91 Å². The number of carbonyl (C=O) groups excluding carboxylic acids is 2. The van der Waals surface area contributed by atoms with Crippen LogP contribution in [0.1, 0.15) is 22.3 Å². The highest BCUT2D eigenvalue weighted by Gasteiger charge is 2.29. The summed E-state index contributed by atoms with van der Waals surface area (Å²) in [4.78, 5) is 63.0. The molecular weight excluding hydrogens is 466 g/mol. The minimum Gasteiger partial charge on any atom is -0.481 e. The predicted molar refractivity (Wildman–Crippen MR) is 123 cm³/mol. The van der Waals surface area contributed by atoms with Gasteiger partial charge in [0.1, 0.15) is 12.1 Å². The molecule has 0 saturated heterocycles. The molecular formula is C23H20ClN3O7. The quantitative estimate of drug-likeness (QED) is 0.306. The van der Waals surface area contributed by atoms with Crippen molar-refractivity contribution in [2.45, 2.75) is 24.9 Å². The summed E-state index contributed by atoms with van der Waals surface area (Å²) in [7, 11) is 0. The van der Waals surface area contributed by atoms with E-state index >= 15 is 0 Å². The van der Waals surface area contributed by atoms with Crippen molar-refractivity contribution < 1.29 is 29.4 Å². The molecule has 0 bridgehead atoms. The molecule has 0 fully saturated rings. The molecule has 0 radical (unpaired) electrons. The minimum absolute atomic E-state index is 0.158. The second-order valence-electron chi connectivity index (χ2n) is 7.44. The molecule has 1 aromatic heterocycles. The number of aromatic nitrogens is 1. The van der Waals surface area contributed by atoms with Crippen molar-refractivity contribution in [2.24, 2.45) is 0 Å². The number of halogens is 1. The molecule has 1 unspecified atom stereocenters. The van der Waals surface area contributed by atoms with Gasteiger partial charge in [-0.3, -0.25) is 19.2 Å². The molecule has 0 spiro atoms. The molecule has 3 rings (SSSR count). The maximum Gasteiger partial charge on any atom is 0.326 e. The van der Waals surface area contributed by atoms with Crippen molar-refractivity contribution in [3.05, 3.63) is 81.1 Å². The molecule has 3 aromatic rings. The van der Waals surface area contributed by atoms with Crippen LogP contribution in [0.5, 0.6) is 0 Å². The lowest BCUT2D eigenvalue weighted by molar-refractivity contribution is -0.147. The molecule has 2 amide bonds. The number of hydrogen-bond acceptors (Lipinski definition) is 5. The normalized spacial score (nSPS) is 12.5. The Labute approximate surface area is 197 Å². The molecule has 11 heteroatoms. The first-order chi connectivity index (χ1) is 16.1. The number of rotatable bonds is 9. The number of H-pyrrole nitrogens is 1. The largest absolute Gasteiger partial charge is 0.481 e. The average Bonchev–Trinajstić information content (AvgIpc) is 2.78. The van der Waals surface area contributed by atoms with Gasteiger partial charge in [0.15, 0.2) is 0 Å². The van der Waals surface area contributed by atoms with Crippen LogP contribution < -0.4 is 16.2 Å². The summed E-state index contributed by atoms with van der Waals surface area (Å²) in [5.41, 5.74) is 0.716. The van der Waals surface area contributed by atoms with Crippen LogP contribution >= 0.6 is 11.6 Å². The number of carboxylic acid groups (broad SMARTS) is 2. The molecule has 1 heterocycles. The third kappa shape index (κ3) is 6.20. The summed E-state index contributed by atoms with van der Waals surface area (Å²) in [5.74, 6) is -4.52. The van der Waals surface area contributed by atoms with Gasteiger partial charge in [-0.05, 0) is 35.9 Å². The van der Waals surface area contributed by atoms with Crippen molar-refractivity contribution in [2.75, 3.05) is 0 Å². The molecule has 5 N–H and O–H groups in total. The third-order valence-electron chi connectivity index (χ3n) is 4.98. The Morgan fingerprint density at radius 3 is 2.26 bits per heavy atom. The van der Waals surface area contributed by atoms with E-state index in [2.05, 4.69) is 15.6 Å². The molecule has 176 valence electrons. The standard InChI is InChI=1S/C23H20ClN3O7/c24-14-7-5-12(6-8-14)21(31)26-17(22(32)27-18(23(33)34)11-20(29)30)9-13-10-19(28)25-16-4-2-1-3-15(13)16/h1-8,10,17-18H,9,11H2,(H,25,28)(H,26,31)(H,27,32)(H,29,30)(H,33,34)/t17?,18-/m1/s1. The van der Waals surface area contributed by atoms with Gasteiger partial charge >= 0.3 is 11.9 Å². The van der Waals surface area contributed by atoms with Crippen LogP contribution in [0.25, 0.3) is 10.9 Å². The van der Waals surface area contributed by atoms with E-state index in [9.17, 15) is 29.1 Å². The monoisotopic (exact) mass is 485 g/mol. The lowest BCUT2D eigenvalue weighted by Crippen LogP contribution is -2.53. The van der Waals surface area contributed by atoms with Crippen molar-refractivity contribution in [1.29, 1.82) is 0 Å². The fourth-order valence-electron chi connectivity index (χ4n) is 3.36. The maximum atomic E-state index is 13.0. The van der Waals surface area contributed by atoms with Crippen LogP contribution in [0.4, 0.5) is 0 Å². The molecule has 0 aliphatic rings. The minimum atomic E-state index is -1.71. The van der Waals surface area contributed by atoms with E-state index in [1.54, 1.807) is 24.3 Å². The summed E-state index contributed by atoms with van der Waals surface area (Å²) >= 11 is 5.85. The predicted octanol–water partition coefficient (Wildman–Crippen LogP) is 1.57. The van der Waals surface area contributed by atoms with Crippen molar-refractivity contribution in [3.63, 3.8) is 0 Å². The van der Waals surface area contributed by atoms with E-state index in [0.717, 1.165) is 0 Å². The molecule has 10 nitrogen and oxygen atoms in total. The Hall–Kier alpha value is -4.18. The molecule has 2 atom stereocenters. The van der Waals surface area contributed by atoms with Crippen LogP contribution in [0, 0.1) is 0 Å². The molecule has 0 aliphatic heterocycles. The van der Waals surface area contributed by atoms with Crippen LogP contribution in [0.15, 0.2) is 59.4 Å². The Morgan fingerprint density at radius 1 is 0.941 bits per heavy atom. The Bertz CT molecular complexity index is 1300. The van der Waals surface area contributed by atoms with Crippen molar-refractivity contribution in [1.82, 2.24) is 15.6 Å². The van der Waals surface area contributed by atoms with E-state index in [-0.39, 0.29) is 12.0 Å². The summed E-state index contributed by atoms with van der Waals surface area (Å²) in [5, 5.41) is 24.0. The van der Waals surface area contributed by atoms with Gasteiger partial charge in [0.05, 0.1) is 6.42 Å². The number of carboxylic acids is 2. The van der Waals surface area contributed by atoms with E-state index in [4.69, 9.17) is 16.7 Å². The first-order valence-corrected chi connectivity index (χ1v) is 10.4. The fourth-order valence-corrected chi connectivity index (χ4v) is 3.49. The van der Waals surface area contributed by atoms with Gasteiger partial charge in [-0.2, -0.15) is 0 Å². The molecule has 0 aliphatic carbocycles. The summed E-state index contributed by atoms with van der Waals surface area (Å²) in [6.45, 7) is 0. The Kier molecular flexibility index (Phi) is 7.64. The van der Waals surface area contributed by atoms with Gasteiger partial charge in [-0.25, -0.2) is 4.79 Å². The highest BCUT2D eigenvalue weighted by molar-refractivity contribution is 6.30. The number of aromatic amines is 1. The van der Waals surface area contributed by atoms with E-state index in [1.807, 2.05) is 0 Å². The third-order valence-corrected chi connectivity index (χ3v) is 5.23. The highest BCUT2D eigenvalue weighted by Crippen LogP contribution is 2.17. The van der Waals surface area contributed by atoms with Gasteiger partial charge in [-0.1, -0.05) is 29.8 Å². The lowest BCUT2D eigenvalue weighted by atomic mass is 10.00. The Morgan fingerprint density at radius 2 is 1.62 bits per heavy atom. The van der Waals surface area contributed by atoms with E-state index in [1.165, 1.54) is 30.3 Å². The van der Waals surface area contributed by atoms with Gasteiger partial charge in [0.2, 0.25) is 11.5 Å². The van der Waals surface area contributed by atoms with E-state index < -0.39 is 47.8 Å². The van der Waals surface area contributed by atoms with Crippen LogP contribution in [-0.2, 0) is 20.8 Å². The van der Waals surface area contributed by atoms with Gasteiger partial charge < -0.3 is 25.8 Å². The molecule has 2 aromatic carbocycles. The van der Waals surface area contributed by atoms with Crippen molar-refractivity contribution in [3.8, 4) is 0 Å².